The number of hydrogen-bond acceptors (Lipinski definition) is 5. The van der Waals surface area contributed by atoms with Crippen LogP contribution in [0.5, 0.6) is 0 Å². The number of benzene rings is 1. The molecule has 1 aliphatic heterocycles. The second-order valence-electron chi connectivity index (χ2n) is 4.48. The number of rotatable bonds is 2. The normalized spacial score (nSPS) is 17.4. The Morgan fingerprint density at radius 2 is 2.22 bits per heavy atom. The molecule has 0 aliphatic carbocycles. The first kappa shape index (κ1) is 11.2. The molecule has 2 aromatic rings. The molecule has 1 aromatic carbocycles. The van der Waals surface area contributed by atoms with Crippen LogP contribution in [0.4, 0.5) is 0 Å². The van der Waals surface area contributed by atoms with Gasteiger partial charge in [-0.2, -0.15) is 0 Å². The molecule has 0 amide bonds. The molecule has 0 unspecified atom stereocenters. The minimum Gasteiger partial charge on any atom is -0.468 e. The van der Waals surface area contributed by atoms with Crippen molar-refractivity contribution < 1.29 is 18.7 Å². The monoisotopic (exact) mass is 247 g/mol. The lowest BCUT2D eigenvalue weighted by Crippen LogP contribution is -2.53. The number of hydrogen-bond donors (Lipinski definition) is 0. The van der Waals surface area contributed by atoms with E-state index >= 15 is 0 Å². The minimum absolute atomic E-state index is 0.270. The van der Waals surface area contributed by atoms with Crippen LogP contribution in [-0.2, 0) is 19.7 Å². The van der Waals surface area contributed by atoms with Gasteiger partial charge in [0.2, 0.25) is 0 Å². The van der Waals surface area contributed by atoms with Crippen molar-refractivity contribution in [1.82, 2.24) is 4.98 Å². The lowest BCUT2D eigenvalue weighted by atomic mass is 9.78. The average Bonchev–Trinajstić information content (AvgIpc) is 2.66. The predicted octanol–water partition coefficient (Wildman–Crippen LogP) is 1.58. The summed E-state index contributed by atoms with van der Waals surface area (Å²) in [6, 6.07) is 5.56. The van der Waals surface area contributed by atoms with Crippen molar-refractivity contribution in [2.45, 2.75) is 12.3 Å². The summed E-state index contributed by atoms with van der Waals surface area (Å²) in [7, 11) is 1.39. The topological polar surface area (TPSA) is 61.6 Å². The molecular weight excluding hydrogens is 234 g/mol. The molecule has 1 aliphatic rings. The lowest BCUT2D eigenvalue weighted by Gasteiger charge is -2.38. The molecular formula is C13H13NO4. The number of carbonyl (C=O) groups excluding carboxylic acids is 1. The van der Waals surface area contributed by atoms with Gasteiger partial charge in [0.1, 0.15) is 10.9 Å². The van der Waals surface area contributed by atoms with Gasteiger partial charge in [-0.25, -0.2) is 4.98 Å². The maximum atomic E-state index is 11.9. The van der Waals surface area contributed by atoms with Crippen LogP contribution < -0.4 is 0 Å². The Labute approximate surface area is 104 Å². The Morgan fingerprint density at radius 3 is 2.83 bits per heavy atom. The van der Waals surface area contributed by atoms with Gasteiger partial charge < -0.3 is 13.9 Å². The molecule has 3 rings (SSSR count). The summed E-state index contributed by atoms with van der Waals surface area (Å²) in [6.45, 7) is 2.49. The smallest absolute Gasteiger partial charge is 0.321 e. The second kappa shape index (κ2) is 3.81. The summed E-state index contributed by atoms with van der Waals surface area (Å²) < 4.78 is 15.5. The van der Waals surface area contributed by atoms with Crippen molar-refractivity contribution in [3.05, 3.63) is 29.7 Å². The Bertz CT molecular complexity index is 612. The third kappa shape index (κ3) is 1.44. The van der Waals surface area contributed by atoms with Crippen molar-refractivity contribution in [3.63, 3.8) is 0 Å². The molecule has 5 nitrogen and oxygen atoms in total. The molecule has 1 saturated heterocycles. The Hall–Kier alpha value is -1.88. The number of nitrogens with zero attached hydrogens (tertiary/aromatic N) is 1. The van der Waals surface area contributed by atoms with Crippen molar-refractivity contribution in [2.75, 3.05) is 20.3 Å². The maximum Gasteiger partial charge on any atom is 0.321 e. The van der Waals surface area contributed by atoms with E-state index < -0.39 is 5.41 Å². The zero-order valence-electron chi connectivity index (χ0n) is 10.2. The molecule has 2 heterocycles. The number of fused-ring (bicyclic) bond motifs is 1. The molecule has 94 valence electrons. The molecule has 1 fully saturated rings. The van der Waals surface area contributed by atoms with Gasteiger partial charge in [0.25, 0.3) is 0 Å². The van der Waals surface area contributed by atoms with Crippen LogP contribution in [-0.4, -0.2) is 31.3 Å². The minimum atomic E-state index is -0.685. The standard InChI is InChI=1S/C13H13NO4/c1-8-14-10-5-9(3-4-11(10)18-8)13(6-17-7-13)12(15)16-2/h3-5H,6-7H2,1-2H3. The van der Waals surface area contributed by atoms with Gasteiger partial charge in [0.15, 0.2) is 11.5 Å². The third-order valence-electron chi connectivity index (χ3n) is 3.32. The first-order valence-electron chi connectivity index (χ1n) is 5.69. The van der Waals surface area contributed by atoms with E-state index in [1.165, 1.54) is 7.11 Å². The van der Waals surface area contributed by atoms with Crippen LogP contribution >= 0.6 is 0 Å². The molecule has 1 aromatic heterocycles. The van der Waals surface area contributed by atoms with Gasteiger partial charge in [-0.1, -0.05) is 6.07 Å². The Balaban J connectivity index is 2.10. The van der Waals surface area contributed by atoms with E-state index in [9.17, 15) is 4.79 Å². The molecule has 0 saturated carbocycles. The number of carbonyl (C=O) groups is 1. The summed E-state index contributed by atoms with van der Waals surface area (Å²) in [4.78, 5) is 16.2. The first-order chi connectivity index (χ1) is 8.65. The van der Waals surface area contributed by atoms with E-state index in [4.69, 9.17) is 13.9 Å². The fourth-order valence-corrected chi connectivity index (χ4v) is 2.24. The maximum absolute atomic E-state index is 11.9. The quantitative estimate of drug-likeness (QED) is 0.754. The van der Waals surface area contributed by atoms with E-state index in [1.807, 2.05) is 18.2 Å². The number of aryl methyl sites for hydroxylation is 1. The number of oxazole rings is 1. The van der Waals surface area contributed by atoms with Gasteiger partial charge in [-0.05, 0) is 17.7 Å². The second-order valence-corrected chi connectivity index (χ2v) is 4.48. The summed E-state index contributed by atoms with van der Waals surface area (Å²) in [5, 5.41) is 0. The average molecular weight is 247 g/mol. The van der Waals surface area contributed by atoms with Gasteiger partial charge in [0.05, 0.1) is 20.3 Å². The summed E-state index contributed by atoms with van der Waals surface area (Å²) in [5.74, 6) is 0.340. The van der Waals surface area contributed by atoms with Gasteiger partial charge in [0, 0.05) is 6.92 Å². The van der Waals surface area contributed by atoms with E-state index in [0.717, 1.165) is 16.7 Å². The zero-order valence-corrected chi connectivity index (χ0v) is 10.2. The van der Waals surface area contributed by atoms with Crippen LogP contribution in [0, 0.1) is 6.92 Å². The van der Waals surface area contributed by atoms with Gasteiger partial charge >= 0.3 is 5.97 Å². The van der Waals surface area contributed by atoms with Gasteiger partial charge in [-0.15, -0.1) is 0 Å². The number of ether oxygens (including phenoxy) is 2. The van der Waals surface area contributed by atoms with Gasteiger partial charge in [-0.3, -0.25) is 4.79 Å². The summed E-state index contributed by atoms with van der Waals surface area (Å²) >= 11 is 0. The third-order valence-corrected chi connectivity index (χ3v) is 3.32. The first-order valence-corrected chi connectivity index (χ1v) is 5.69. The van der Waals surface area contributed by atoms with E-state index in [2.05, 4.69) is 4.98 Å². The van der Waals surface area contributed by atoms with Crippen LogP contribution in [0.3, 0.4) is 0 Å². The van der Waals surface area contributed by atoms with E-state index in [1.54, 1.807) is 6.92 Å². The largest absolute Gasteiger partial charge is 0.468 e. The van der Waals surface area contributed by atoms with Crippen molar-refractivity contribution >= 4 is 17.1 Å². The molecule has 0 spiro atoms. The molecule has 0 atom stereocenters. The Kier molecular flexibility index (Phi) is 2.38. The molecule has 0 bridgehead atoms. The number of esters is 1. The molecule has 5 heteroatoms. The molecule has 0 N–H and O–H groups in total. The highest BCUT2D eigenvalue weighted by Crippen LogP contribution is 2.35. The molecule has 18 heavy (non-hydrogen) atoms. The highest BCUT2D eigenvalue weighted by molar-refractivity contribution is 5.86. The molecule has 0 radical (unpaired) electrons. The number of aromatic nitrogens is 1. The number of methoxy groups -OCH3 is 1. The van der Waals surface area contributed by atoms with Crippen LogP contribution in [0.1, 0.15) is 11.5 Å². The van der Waals surface area contributed by atoms with Crippen molar-refractivity contribution in [3.8, 4) is 0 Å². The Morgan fingerprint density at radius 1 is 1.44 bits per heavy atom. The highest BCUT2D eigenvalue weighted by Gasteiger charge is 2.48. The summed E-state index contributed by atoms with van der Waals surface area (Å²) in [5.41, 5.74) is 1.65. The fourth-order valence-electron chi connectivity index (χ4n) is 2.24. The van der Waals surface area contributed by atoms with E-state index in [0.29, 0.717) is 19.1 Å². The van der Waals surface area contributed by atoms with E-state index in [-0.39, 0.29) is 5.97 Å². The predicted molar refractivity (Wildman–Crippen MR) is 63.3 cm³/mol. The zero-order chi connectivity index (χ0) is 12.8. The lowest BCUT2D eigenvalue weighted by molar-refractivity contribution is -0.166. The summed E-state index contributed by atoms with van der Waals surface area (Å²) in [6.07, 6.45) is 0. The van der Waals surface area contributed by atoms with Crippen LogP contribution in [0.15, 0.2) is 22.6 Å². The van der Waals surface area contributed by atoms with Crippen molar-refractivity contribution in [2.24, 2.45) is 0 Å². The van der Waals surface area contributed by atoms with Crippen molar-refractivity contribution in [1.29, 1.82) is 0 Å². The van der Waals surface area contributed by atoms with Crippen LogP contribution in [0.2, 0.25) is 0 Å². The fraction of sp³-hybridized carbons (Fsp3) is 0.385. The SMILES string of the molecule is COC(=O)C1(c2ccc3oc(C)nc3c2)COC1. The highest BCUT2D eigenvalue weighted by atomic mass is 16.5. The van der Waals surface area contributed by atoms with Crippen LogP contribution in [0.25, 0.3) is 11.1 Å².